The van der Waals surface area contributed by atoms with Crippen molar-refractivity contribution in [2.75, 3.05) is 37.6 Å². The van der Waals surface area contributed by atoms with Gasteiger partial charge in [-0.25, -0.2) is 4.98 Å². The molecule has 1 aromatic heterocycles. The van der Waals surface area contributed by atoms with Crippen molar-refractivity contribution < 1.29 is 9.90 Å². The standard InChI is InChI=1S/C14H16N4O3/c19-12(20)9-17-5-7-18(8-6-17)14-15-11-4-2-1-3-10(11)13(21)16-14/h1-4H,5-9H2,(H,19,20)(H,15,16,21). The quantitative estimate of drug-likeness (QED) is 0.834. The third kappa shape index (κ3) is 2.87. The monoisotopic (exact) mass is 288 g/mol. The Labute approximate surface area is 120 Å². The van der Waals surface area contributed by atoms with Gasteiger partial charge in [-0.2, -0.15) is 0 Å². The zero-order valence-electron chi connectivity index (χ0n) is 11.5. The maximum absolute atomic E-state index is 12.0. The lowest BCUT2D eigenvalue weighted by molar-refractivity contribution is -0.138. The summed E-state index contributed by atoms with van der Waals surface area (Å²) in [7, 11) is 0. The molecule has 1 saturated heterocycles. The number of rotatable bonds is 3. The van der Waals surface area contributed by atoms with Crippen LogP contribution in [0.5, 0.6) is 0 Å². The molecule has 0 unspecified atom stereocenters. The fourth-order valence-corrected chi connectivity index (χ4v) is 2.53. The summed E-state index contributed by atoms with van der Waals surface area (Å²) in [5.41, 5.74) is 0.521. The molecule has 0 amide bonds. The summed E-state index contributed by atoms with van der Waals surface area (Å²) in [4.78, 5) is 33.9. The molecule has 1 aliphatic heterocycles. The zero-order chi connectivity index (χ0) is 14.8. The molecule has 0 saturated carbocycles. The number of aliphatic carboxylic acids is 1. The molecular formula is C14H16N4O3. The largest absolute Gasteiger partial charge is 0.480 e. The maximum atomic E-state index is 12.0. The number of carbonyl (C=O) groups is 1. The Bertz CT molecular complexity index is 719. The van der Waals surface area contributed by atoms with Crippen molar-refractivity contribution in [1.82, 2.24) is 14.9 Å². The summed E-state index contributed by atoms with van der Waals surface area (Å²) in [6.07, 6.45) is 0. The molecule has 7 heteroatoms. The van der Waals surface area contributed by atoms with Crippen molar-refractivity contribution in [3.05, 3.63) is 34.6 Å². The molecule has 0 bridgehead atoms. The fraction of sp³-hybridized carbons (Fsp3) is 0.357. The van der Waals surface area contributed by atoms with E-state index in [1.165, 1.54) is 0 Å². The summed E-state index contributed by atoms with van der Waals surface area (Å²) in [6, 6.07) is 7.22. The number of aromatic nitrogens is 2. The number of carboxylic acids is 1. The number of nitrogens with zero attached hydrogens (tertiary/aromatic N) is 3. The van der Waals surface area contributed by atoms with E-state index in [1.807, 2.05) is 28.0 Å². The number of piperazine rings is 1. The first-order valence-corrected chi connectivity index (χ1v) is 6.81. The van der Waals surface area contributed by atoms with Crippen molar-refractivity contribution >= 4 is 22.8 Å². The van der Waals surface area contributed by atoms with E-state index in [-0.39, 0.29) is 12.1 Å². The van der Waals surface area contributed by atoms with E-state index in [0.29, 0.717) is 43.0 Å². The number of anilines is 1. The first-order valence-electron chi connectivity index (χ1n) is 6.81. The van der Waals surface area contributed by atoms with Gasteiger partial charge in [-0.1, -0.05) is 12.1 Å². The molecule has 1 fully saturated rings. The van der Waals surface area contributed by atoms with Crippen molar-refractivity contribution in [2.45, 2.75) is 0 Å². The third-order valence-corrected chi connectivity index (χ3v) is 3.63. The topological polar surface area (TPSA) is 89.5 Å². The van der Waals surface area contributed by atoms with E-state index in [4.69, 9.17) is 5.11 Å². The summed E-state index contributed by atoms with van der Waals surface area (Å²) >= 11 is 0. The summed E-state index contributed by atoms with van der Waals surface area (Å²) in [5, 5.41) is 9.36. The Morgan fingerprint density at radius 3 is 2.67 bits per heavy atom. The first-order chi connectivity index (χ1) is 10.1. The number of aromatic amines is 1. The highest BCUT2D eigenvalue weighted by Crippen LogP contribution is 2.13. The molecule has 1 aromatic carbocycles. The molecule has 2 aromatic rings. The van der Waals surface area contributed by atoms with Crippen molar-refractivity contribution in [2.24, 2.45) is 0 Å². The van der Waals surface area contributed by atoms with Gasteiger partial charge in [0.2, 0.25) is 5.95 Å². The highest BCUT2D eigenvalue weighted by atomic mass is 16.4. The Morgan fingerprint density at radius 1 is 1.24 bits per heavy atom. The van der Waals surface area contributed by atoms with E-state index >= 15 is 0 Å². The van der Waals surface area contributed by atoms with Crippen LogP contribution in [0.1, 0.15) is 0 Å². The molecule has 110 valence electrons. The second-order valence-corrected chi connectivity index (χ2v) is 5.06. The number of hydrogen-bond acceptors (Lipinski definition) is 5. The Kier molecular flexibility index (Phi) is 3.57. The molecule has 0 radical (unpaired) electrons. The van der Waals surface area contributed by atoms with E-state index < -0.39 is 5.97 Å². The zero-order valence-corrected chi connectivity index (χ0v) is 11.5. The fourth-order valence-electron chi connectivity index (χ4n) is 2.53. The van der Waals surface area contributed by atoms with Gasteiger partial charge in [-0.05, 0) is 12.1 Å². The van der Waals surface area contributed by atoms with Gasteiger partial charge in [0.25, 0.3) is 5.56 Å². The Morgan fingerprint density at radius 2 is 1.95 bits per heavy atom. The number of nitrogens with one attached hydrogen (secondary N) is 1. The lowest BCUT2D eigenvalue weighted by Gasteiger charge is -2.34. The average molecular weight is 288 g/mol. The van der Waals surface area contributed by atoms with E-state index in [0.717, 1.165) is 0 Å². The van der Waals surface area contributed by atoms with Crippen molar-refractivity contribution in [3.63, 3.8) is 0 Å². The van der Waals surface area contributed by atoms with Crippen LogP contribution in [0.15, 0.2) is 29.1 Å². The molecule has 7 nitrogen and oxygen atoms in total. The molecular weight excluding hydrogens is 272 g/mol. The van der Waals surface area contributed by atoms with Crippen LogP contribution in [0.25, 0.3) is 10.9 Å². The van der Waals surface area contributed by atoms with Gasteiger partial charge in [0.15, 0.2) is 0 Å². The molecule has 2 heterocycles. The Hall–Kier alpha value is -2.41. The van der Waals surface area contributed by atoms with Crippen LogP contribution >= 0.6 is 0 Å². The second-order valence-electron chi connectivity index (χ2n) is 5.06. The maximum Gasteiger partial charge on any atom is 0.317 e. The van der Waals surface area contributed by atoms with Gasteiger partial charge in [-0.3, -0.25) is 19.5 Å². The van der Waals surface area contributed by atoms with Gasteiger partial charge in [-0.15, -0.1) is 0 Å². The number of hydrogen-bond donors (Lipinski definition) is 2. The highest BCUT2D eigenvalue weighted by molar-refractivity contribution is 5.78. The summed E-state index contributed by atoms with van der Waals surface area (Å²) in [5.74, 6) is -0.269. The average Bonchev–Trinajstić information content (AvgIpc) is 2.47. The first kappa shape index (κ1) is 13.6. The van der Waals surface area contributed by atoms with Crippen LogP contribution in [0.3, 0.4) is 0 Å². The normalized spacial score (nSPS) is 16.3. The number of para-hydroxylation sites is 1. The minimum absolute atomic E-state index is 0.0511. The minimum Gasteiger partial charge on any atom is -0.480 e. The van der Waals surface area contributed by atoms with Crippen LogP contribution in [0, 0.1) is 0 Å². The van der Waals surface area contributed by atoms with Crippen LogP contribution in [-0.2, 0) is 4.79 Å². The number of fused-ring (bicyclic) bond motifs is 1. The van der Waals surface area contributed by atoms with Gasteiger partial charge in [0.1, 0.15) is 0 Å². The Balaban J connectivity index is 1.79. The predicted molar refractivity (Wildman–Crippen MR) is 78.7 cm³/mol. The smallest absolute Gasteiger partial charge is 0.317 e. The molecule has 0 atom stereocenters. The molecule has 1 aliphatic rings. The third-order valence-electron chi connectivity index (χ3n) is 3.63. The molecule has 0 spiro atoms. The highest BCUT2D eigenvalue weighted by Gasteiger charge is 2.20. The van der Waals surface area contributed by atoms with E-state index in [9.17, 15) is 9.59 Å². The number of benzene rings is 1. The predicted octanol–water partition coefficient (Wildman–Crippen LogP) is 0.130. The van der Waals surface area contributed by atoms with Gasteiger partial charge < -0.3 is 10.0 Å². The lowest BCUT2D eigenvalue weighted by atomic mass is 10.2. The van der Waals surface area contributed by atoms with E-state index in [2.05, 4.69) is 9.97 Å². The second kappa shape index (κ2) is 5.53. The lowest BCUT2D eigenvalue weighted by Crippen LogP contribution is -2.48. The van der Waals surface area contributed by atoms with Crippen LogP contribution in [0.4, 0.5) is 5.95 Å². The molecule has 21 heavy (non-hydrogen) atoms. The molecule has 2 N–H and O–H groups in total. The minimum atomic E-state index is -0.819. The summed E-state index contributed by atoms with van der Waals surface area (Å²) in [6.45, 7) is 2.63. The van der Waals surface area contributed by atoms with Crippen molar-refractivity contribution in [3.8, 4) is 0 Å². The van der Waals surface area contributed by atoms with Gasteiger partial charge in [0, 0.05) is 26.2 Å². The van der Waals surface area contributed by atoms with Gasteiger partial charge >= 0.3 is 5.97 Å². The van der Waals surface area contributed by atoms with Gasteiger partial charge in [0.05, 0.1) is 17.4 Å². The van der Waals surface area contributed by atoms with Crippen molar-refractivity contribution in [1.29, 1.82) is 0 Å². The van der Waals surface area contributed by atoms with Crippen LogP contribution in [-0.4, -0.2) is 58.7 Å². The van der Waals surface area contributed by atoms with Crippen LogP contribution in [0.2, 0.25) is 0 Å². The SMILES string of the molecule is O=C(O)CN1CCN(c2nc3ccccc3c(=O)[nH]2)CC1. The molecule has 3 rings (SSSR count). The van der Waals surface area contributed by atoms with E-state index in [1.54, 1.807) is 6.07 Å². The molecule has 0 aliphatic carbocycles. The summed E-state index contributed by atoms with van der Waals surface area (Å²) < 4.78 is 0. The number of carboxylic acid groups (broad SMARTS) is 1. The number of H-pyrrole nitrogens is 1. The van der Waals surface area contributed by atoms with Crippen LogP contribution < -0.4 is 10.5 Å².